The predicted molar refractivity (Wildman–Crippen MR) is 85.4 cm³/mol. The minimum atomic E-state index is 0.523. The molecule has 2 aliphatic rings. The van der Waals surface area contributed by atoms with E-state index in [9.17, 15) is 0 Å². The van der Waals surface area contributed by atoms with Crippen LogP contribution in [-0.4, -0.2) is 57.3 Å². The average Bonchev–Trinajstić information content (AvgIpc) is 2.97. The van der Waals surface area contributed by atoms with E-state index in [1.165, 1.54) is 24.0 Å². The van der Waals surface area contributed by atoms with Crippen LogP contribution in [-0.2, 0) is 15.9 Å². The van der Waals surface area contributed by atoms with E-state index in [1.807, 2.05) is 0 Å². The molecule has 2 aliphatic heterocycles. The lowest BCUT2D eigenvalue weighted by molar-refractivity contribution is 0.0342. The van der Waals surface area contributed by atoms with Gasteiger partial charge in [0.1, 0.15) is 0 Å². The summed E-state index contributed by atoms with van der Waals surface area (Å²) >= 11 is 0. The fourth-order valence-electron chi connectivity index (χ4n) is 3.44. The quantitative estimate of drug-likeness (QED) is 0.768. The van der Waals surface area contributed by atoms with Gasteiger partial charge in [-0.05, 0) is 30.5 Å². The molecule has 114 valence electrons. The highest BCUT2D eigenvalue weighted by Crippen LogP contribution is 2.31. The Hall–Kier alpha value is -0.875. The predicted octanol–water partition coefficient (Wildman–Crippen LogP) is 1.57. The van der Waals surface area contributed by atoms with Crippen LogP contribution in [0.3, 0.4) is 0 Å². The Morgan fingerprint density at radius 3 is 2.95 bits per heavy atom. The molecule has 21 heavy (non-hydrogen) atoms. The fraction of sp³-hybridized carbons (Fsp3) is 0.625. The second kappa shape index (κ2) is 7.41. The molecule has 0 N–H and O–H groups in total. The number of hydrogen-bond acceptors (Lipinski definition) is 4. The second-order valence-corrected chi connectivity index (χ2v) is 6.02. The van der Waals surface area contributed by atoms with Gasteiger partial charge in [-0.2, -0.15) is 0 Å². The third-order valence-electron chi connectivity index (χ3n) is 4.50. The summed E-state index contributed by atoms with van der Waals surface area (Å²) in [6.45, 7) is 6.00. The van der Waals surface area contributed by atoms with Crippen molar-refractivity contribution in [2.75, 3.05) is 40.0 Å². The van der Waals surface area contributed by atoms with Gasteiger partial charge in [0.05, 0.1) is 13.2 Å². The summed E-state index contributed by atoms with van der Waals surface area (Å²) in [5, 5.41) is 0. The summed E-state index contributed by atoms with van der Waals surface area (Å²) in [6, 6.07) is 9.62. The maximum absolute atomic E-state index is 5.42. The standard InChI is InChI=1S/C16H25BN2O2/c1-20-17-19-7-3-6-16(19)15-5-2-4-14(12-15)13-18-8-10-21-11-9-18/h2,4-5,12,16-17H,3,6-11,13H2,1H3. The first-order valence-corrected chi connectivity index (χ1v) is 7.99. The first kappa shape index (κ1) is 15.0. The highest BCUT2D eigenvalue weighted by atomic mass is 16.5. The van der Waals surface area contributed by atoms with Gasteiger partial charge >= 0.3 is 7.62 Å². The van der Waals surface area contributed by atoms with Crippen molar-refractivity contribution < 1.29 is 9.39 Å². The van der Waals surface area contributed by atoms with Crippen LogP contribution in [0.1, 0.15) is 30.0 Å². The highest BCUT2D eigenvalue weighted by molar-refractivity contribution is 6.23. The molecule has 0 amide bonds. The lowest BCUT2D eigenvalue weighted by atomic mass is 9.99. The van der Waals surface area contributed by atoms with Crippen molar-refractivity contribution in [2.45, 2.75) is 25.4 Å². The summed E-state index contributed by atoms with van der Waals surface area (Å²) in [5.41, 5.74) is 2.86. The van der Waals surface area contributed by atoms with Gasteiger partial charge in [0.2, 0.25) is 0 Å². The first-order valence-electron chi connectivity index (χ1n) is 7.99. The van der Waals surface area contributed by atoms with Crippen LogP contribution < -0.4 is 0 Å². The number of ether oxygens (including phenoxy) is 1. The molecule has 3 rings (SSSR count). The minimum Gasteiger partial charge on any atom is -0.427 e. The molecule has 1 aromatic rings. The first-order chi connectivity index (χ1) is 10.4. The van der Waals surface area contributed by atoms with E-state index < -0.39 is 0 Å². The summed E-state index contributed by atoms with van der Waals surface area (Å²) < 4.78 is 10.8. The number of hydrogen-bond donors (Lipinski definition) is 0. The monoisotopic (exact) mass is 288 g/mol. The van der Waals surface area contributed by atoms with Crippen molar-refractivity contribution in [1.29, 1.82) is 0 Å². The van der Waals surface area contributed by atoms with Crippen LogP contribution >= 0.6 is 0 Å². The topological polar surface area (TPSA) is 24.9 Å². The lowest BCUT2D eigenvalue weighted by Gasteiger charge is -2.27. The van der Waals surface area contributed by atoms with Crippen molar-refractivity contribution >= 4 is 7.62 Å². The third kappa shape index (κ3) is 3.86. The summed E-state index contributed by atoms with van der Waals surface area (Å²) in [6.07, 6.45) is 2.51. The Morgan fingerprint density at radius 1 is 1.29 bits per heavy atom. The maximum atomic E-state index is 5.42. The molecule has 4 nitrogen and oxygen atoms in total. The van der Waals surface area contributed by atoms with E-state index in [0.29, 0.717) is 6.04 Å². The molecular weight excluding hydrogens is 263 g/mol. The maximum Gasteiger partial charge on any atom is 0.363 e. The van der Waals surface area contributed by atoms with Gasteiger partial charge in [-0.25, -0.2) is 0 Å². The average molecular weight is 288 g/mol. The van der Waals surface area contributed by atoms with E-state index >= 15 is 0 Å². The van der Waals surface area contributed by atoms with Gasteiger partial charge in [0.15, 0.2) is 0 Å². The lowest BCUT2D eigenvalue weighted by Crippen LogP contribution is -2.35. The highest BCUT2D eigenvalue weighted by Gasteiger charge is 2.26. The van der Waals surface area contributed by atoms with Crippen molar-refractivity contribution in [2.24, 2.45) is 0 Å². The van der Waals surface area contributed by atoms with Gasteiger partial charge in [0, 0.05) is 32.8 Å². The Balaban J connectivity index is 1.67. The molecule has 0 bridgehead atoms. The van der Waals surface area contributed by atoms with Crippen LogP contribution in [0.25, 0.3) is 0 Å². The van der Waals surface area contributed by atoms with Crippen LogP contribution in [0, 0.1) is 0 Å². The largest absolute Gasteiger partial charge is 0.427 e. The minimum absolute atomic E-state index is 0.523. The van der Waals surface area contributed by atoms with E-state index in [4.69, 9.17) is 9.39 Å². The van der Waals surface area contributed by atoms with E-state index in [0.717, 1.165) is 47.0 Å². The van der Waals surface area contributed by atoms with Crippen LogP contribution in [0.15, 0.2) is 24.3 Å². The van der Waals surface area contributed by atoms with Gasteiger partial charge in [-0.15, -0.1) is 0 Å². The molecule has 0 saturated carbocycles. The summed E-state index contributed by atoms with van der Waals surface area (Å²) in [5.74, 6) is 0. The zero-order chi connectivity index (χ0) is 14.5. The van der Waals surface area contributed by atoms with Crippen molar-refractivity contribution in [3.05, 3.63) is 35.4 Å². The molecule has 1 aromatic carbocycles. The van der Waals surface area contributed by atoms with E-state index in [-0.39, 0.29) is 0 Å². The van der Waals surface area contributed by atoms with Crippen molar-refractivity contribution in [3.8, 4) is 0 Å². The van der Waals surface area contributed by atoms with Gasteiger partial charge in [0.25, 0.3) is 0 Å². The summed E-state index contributed by atoms with van der Waals surface area (Å²) in [4.78, 5) is 4.91. The molecule has 0 aromatic heterocycles. The molecule has 1 atom stereocenters. The molecule has 0 aliphatic carbocycles. The smallest absolute Gasteiger partial charge is 0.363 e. The molecular formula is C16H25BN2O2. The zero-order valence-corrected chi connectivity index (χ0v) is 13.0. The van der Waals surface area contributed by atoms with Gasteiger partial charge < -0.3 is 14.2 Å². The van der Waals surface area contributed by atoms with E-state index in [1.54, 1.807) is 7.11 Å². The Bertz CT molecular complexity index is 452. The van der Waals surface area contributed by atoms with Gasteiger partial charge in [-0.3, -0.25) is 4.90 Å². The Kier molecular flexibility index (Phi) is 5.30. The Labute approximate surface area is 128 Å². The zero-order valence-electron chi connectivity index (χ0n) is 13.0. The molecule has 2 saturated heterocycles. The molecule has 2 fully saturated rings. The van der Waals surface area contributed by atoms with Crippen LogP contribution in [0.2, 0.25) is 0 Å². The fourth-order valence-corrected chi connectivity index (χ4v) is 3.44. The number of benzene rings is 1. The SMILES string of the molecule is COBN1CCCC1c1cccc(CN2CCOCC2)c1. The molecule has 0 spiro atoms. The van der Waals surface area contributed by atoms with Gasteiger partial charge in [-0.1, -0.05) is 24.3 Å². The van der Waals surface area contributed by atoms with Crippen molar-refractivity contribution in [3.63, 3.8) is 0 Å². The van der Waals surface area contributed by atoms with E-state index in [2.05, 4.69) is 34.0 Å². The molecule has 5 heteroatoms. The van der Waals surface area contributed by atoms with Crippen LogP contribution in [0.4, 0.5) is 0 Å². The molecule has 2 heterocycles. The number of rotatable bonds is 5. The number of nitrogens with zero attached hydrogens (tertiary/aromatic N) is 2. The normalized spacial score (nSPS) is 24.3. The van der Waals surface area contributed by atoms with Crippen molar-refractivity contribution in [1.82, 2.24) is 9.71 Å². The Morgan fingerprint density at radius 2 is 2.14 bits per heavy atom. The molecule has 0 radical (unpaired) electrons. The van der Waals surface area contributed by atoms with Crippen LogP contribution in [0.5, 0.6) is 0 Å². The molecule has 1 unspecified atom stereocenters. The summed E-state index contributed by atoms with van der Waals surface area (Å²) in [7, 11) is 2.52. The second-order valence-electron chi connectivity index (χ2n) is 6.02. The number of morpholine rings is 1. The third-order valence-corrected chi connectivity index (χ3v) is 4.50.